The lowest BCUT2D eigenvalue weighted by atomic mass is 10.2. The fourth-order valence-electron chi connectivity index (χ4n) is 1.74. The summed E-state index contributed by atoms with van der Waals surface area (Å²) in [7, 11) is 1.84. The summed E-state index contributed by atoms with van der Waals surface area (Å²) >= 11 is 0. The summed E-state index contributed by atoms with van der Waals surface area (Å²) in [6, 6.07) is 1.86. The first-order valence-corrected chi connectivity index (χ1v) is 5.44. The van der Waals surface area contributed by atoms with Gasteiger partial charge in [-0.1, -0.05) is 5.21 Å². The number of aryl methyl sites for hydroxylation is 2. The van der Waals surface area contributed by atoms with Crippen LogP contribution in [0.15, 0.2) is 12.3 Å². The van der Waals surface area contributed by atoms with Gasteiger partial charge in [0.15, 0.2) is 0 Å². The van der Waals surface area contributed by atoms with Crippen molar-refractivity contribution in [1.82, 2.24) is 24.8 Å². The highest BCUT2D eigenvalue weighted by molar-refractivity contribution is 5.57. The summed E-state index contributed by atoms with van der Waals surface area (Å²) in [5.41, 5.74) is 8.03. The van der Waals surface area contributed by atoms with E-state index in [2.05, 4.69) is 15.4 Å². The molecule has 0 spiro atoms. The van der Waals surface area contributed by atoms with Crippen molar-refractivity contribution in [3.63, 3.8) is 0 Å². The molecule has 0 aliphatic carbocycles. The minimum atomic E-state index is -0.372. The molecule has 0 bridgehead atoms. The Bertz CT molecular complexity index is 489. The third-order valence-electron chi connectivity index (χ3n) is 2.57. The Labute approximate surface area is 98.2 Å². The van der Waals surface area contributed by atoms with Crippen LogP contribution >= 0.6 is 0 Å². The second kappa shape index (κ2) is 5.05. The van der Waals surface area contributed by atoms with E-state index in [-0.39, 0.29) is 6.67 Å². The fraction of sp³-hybridized carbons (Fsp3) is 0.500. The lowest BCUT2D eigenvalue weighted by Crippen LogP contribution is -2.07. The highest BCUT2D eigenvalue weighted by atomic mass is 19.1. The number of hydrogen-bond donors (Lipinski definition) is 1. The molecular formula is C10H15FN6. The highest BCUT2D eigenvalue weighted by Crippen LogP contribution is 2.21. The number of nitrogens with zero attached hydrogens (tertiary/aromatic N) is 5. The molecule has 2 heterocycles. The van der Waals surface area contributed by atoms with Gasteiger partial charge in [-0.05, 0) is 12.5 Å². The molecule has 0 aliphatic heterocycles. The second-order valence-corrected chi connectivity index (χ2v) is 3.69. The normalized spacial score (nSPS) is 11.0. The van der Waals surface area contributed by atoms with Gasteiger partial charge in [0, 0.05) is 26.3 Å². The van der Waals surface area contributed by atoms with E-state index in [1.165, 1.54) is 0 Å². The Morgan fingerprint density at radius 2 is 2.29 bits per heavy atom. The molecule has 2 aromatic heterocycles. The van der Waals surface area contributed by atoms with E-state index >= 15 is 0 Å². The lowest BCUT2D eigenvalue weighted by molar-refractivity contribution is 0.432. The number of hydrogen-bond acceptors (Lipinski definition) is 4. The van der Waals surface area contributed by atoms with Crippen LogP contribution in [0.4, 0.5) is 4.39 Å². The van der Waals surface area contributed by atoms with Gasteiger partial charge < -0.3 is 5.73 Å². The molecular weight excluding hydrogens is 223 g/mol. The van der Waals surface area contributed by atoms with E-state index in [9.17, 15) is 4.39 Å². The summed E-state index contributed by atoms with van der Waals surface area (Å²) < 4.78 is 15.6. The maximum absolute atomic E-state index is 12.2. The SMILES string of the molecule is Cn1nccc1-c1c(CN)nnn1CCCF. The molecule has 92 valence electrons. The van der Waals surface area contributed by atoms with Crippen molar-refractivity contribution in [1.29, 1.82) is 0 Å². The zero-order valence-corrected chi connectivity index (χ0v) is 9.67. The molecule has 0 unspecified atom stereocenters. The van der Waals surface area contributed by atoms with Gasteiger partial charge >= 0.3 is 0 Å². The molecule has 0 fully saturated rings. The van der Waals surface area contributed by atoms with Crippen molar-refractivity contribution < 1.29 is 4.39 Å². The van der Waals surface area contributed by atoms with Crippen molar-refractivity contribution in [2.24, 2.45) is 12.8 Å². The minimum absolute atomic E-state index is 0.302. The standard InChI is InChI=1S/C10H15FN6/c1-16-9(3-5-13-16)10-8(7-12)14-15-17(10)6-2-4-11/h3,5H,2,4,6-7,12H2,1H3. The van der Waals surface area contributed by atoms with E-state index in [1.54, 1.807) is 15.6 Å². The first kappa shape index (κ1) is 11.7. The molecule has 0 atom stereocenters. The molecule has 6 nitrogen and oxygen atoms in total. The molecule has 0 saturated heterocycles. The Kier molecular flexibility index (Phi) is 3.48. The van der Waals surface area contributed by atoms with E-state index in [1.807, 2.05) is 13.1 Å². The average molecular weight is 238 g/mol. The van der Waals surface area contributed by atoms with Crippen LogP contribution in [0.25, 0.3) is 11.4 Å². The molecule has 2 aromatic rings. The summed E-state index contributed by atoms with van der Waals surface area (Å²) in [6.45, 7) is 0.419. The van der Waals surface area contributed by atoms with Crippen LogP contribution in [0.5, 0.6) is 0 Å². The first-order valence-electron chi connectivity index (χ1n) is 5.44. The predicted octanol–water partition coefficient (Wildman–Crippen LogP) is 0.497. The zero-order valence-electron chi connectivity index (χ0n) is 9.67. The smallest absolute Gasteiger partial charge is 0.111 e. The van der Waals surface area contributed by atoms with Crippen molar-refractivity contribution in [3.05, 3.63) is 18.0 Å². The summed E-state index contributed by atoms with van der Waals surface area (Å²) in [5.74, 6) is 0. The third kappa shape index (κ3) is 2.19. The van der Waals surface area contributed by atoms with Crippen LogP contribution in [0.1, 0.15) is 12.1 Å². The van der Waals surface area contributed by atoms with Gasteiger partial charge in [-0.25, -0.2) is 4.68 Å². The largest absolute Gasteiger partial charge is 0.325 e. The first-order chi connectivity index (χ1) is 8.27. The van der Waals surface area contributed by atoms with Crippen LogP contribution in [0.3, 0.4) is 0 Å². The van der Waals surface area contributed by atoms with Gasteiger partial charge in [-0.15, -0.1) is 5.10 Å². The summed E-state index contributed by atoms with van der Waals surface area (Å²) in [5, 5.41) is 12.1. The monoisotopic (exact) mass is 238 g/mol. The molecule has 2 rings (SSSR count). The minimum Gasteiger partial charge on any atom is -0.325 e. The van der Waals surface area contributed by atoms with Gasteiger partial charge in [0.05, 0.1) is 12.4 Å². The molecule has 0 aliphatic rings. The van der Waals surface area contributed by atoms with Crippen LogP contribution < -0.4 is 5.73 Å². The topological polar surface area (TPSA) is 74.6 Å². The van der Waals surface area contributed by atoms with Crippen LogP contribution in [-0.4, -0.2) is 31.4 Å². The van der Waals surface area contributed by atoms with E-state index in [4.69, 9.17) is 5.73 Å². The van der Waals surface area contributed by atoms with Crippen LogP contribution in [0.2, 0.25) is 0 Å². The summed E-state index contributed by atoms with van der Waals surface area (Å²) in [4.78, 5) is 0. The Hall–Kier alpha value is -1.76. The second-order valence-electron chi connectivity index (χ2n) is 3.69. The number of nitrogens with two attached hydrogens (primary N) is 1. The van der Waals surface area contributed by atoms with Crippen molar-refractivity contribution in [3.8, 4) is 11.4 Å². The Balaban J connectivity index is 2.42. The molecule has 0 saturated carbocycles. The van der Waals surface area contributed by atoms with Crippen LogP contribution in [-0.2, 0) is 20.1 Å². The zero-order chi connectivity index (χ0) is 12.3. The van der Waals surface area contributed by atoms with E-state index in [0.29, 0.717) is 25.2 Å². The van der Waals surface area contributed by atoms with E-state index < -0.39 is 0 Å². The third-order valence-corrected chi connectivity index (χ3v) is 2.57. The van der Waals surface area contributed by atoms with Crippen LogP contribution in [0, 0.1) is 0 Å². The Morgan fingerprint density at radius 3 is 2.88 bits per heavy atom. The van der Waals surface area contributed by atoms with Gasteiger partial charge in [0.25, 0.3) is 0 Å². The number of aromatic nitrogens is 5. The molecule has 17 heavy (non-hydrogen) atoms. The van der Waals surface area contributed by atoms with Gasteiger partial charge in [-0.3, -0.25) is 9.07 Å². The van der Waals surface area contributed by atoms with Crippen molar-refractivity contribution in [2.45, 2.75) is 19.5 Å². The van der Waals surface area contributed by atoms with Gasteiger partial charge in [-0.2, -0.15) is 5.10 Å². The average Bonchev–Trinajstić information content (AvgIpc) is 2.91. The predicted molar refractivity (Wildman–Crippen MR) is 60.7 cm³/mol. The summed E-state index contributed by atoms with van der Waals surface area (Å²) in [6.07, 6.45) is 2.11. The fourth-order valence-corrected chi connectivity index (χ4v) is 1.74. The maximum atomic E-state index is 12.2. The molecule has 7 heteroatoms. The number of halogens is 1. The molecule has 0 aromatic carbocycles. The van der Waals surface area contributed by atoms with Gasteiger partial charge in [0.1, 0.15) is 11.4 Å². The molecule has 0 amide bonds. The quantitative estimate of drug-likeness (QED) is 0.823. The lowest BCUT2D eigenvalue weighted by Gasteiger charge is -2.06. The maximum Gasteiger partial charge on any atom is 0.111 e. The number of alkyl halides is 1. The Morgan fingerprint density at radius 1 is 1.47 bits per heavy atom. The number of rotatable bonds is 5. The molecule has 2 N–H and O–H groups in total. The van der Waals surface area contributed by atoms with Crippen molar-refractivity contribution >= 4 is 0 Å². The van der Waals surface area contributed by atoms with E-state index in [0.717, 1.165) is 11.4 Å². The van der Waals surface area contributed by atoms with Crippen molar-refractivity contribution in [2.75, 3.05) is 6.67 Å². The highest BCUT2D eigenvalue weighted by Gasteiger charge is 2.16. The molecule has 0 radical (unpaired) electrons. The van der Waals surface area contributed by atoms with Gasteiger partial charge in [0.2, 0.25) is 0 Å².